The van der Waals surface area contributed by atoms with Crippen LogP contribution in [0.25, 0.3) is 10.9 Å². The lowest BCUT2D eigenvalue weighted by molar-refractivity contribution is 0.218. The van der Waals surface area contributed by atoms with E-state index in [-0.39, 0.29) is 11.7 Å². The molecule has 2 aromatic rings. The Balaban J connectivity index is 1.80. The zero-order chi connectivity index (χ0) is 13.9. The van der Waals surface area contributed by atoms with Gasteiger partial charge in [-0.25, -0.2) is 0 Å². The number of benzene rings is 1. The second-order valence-electron chi connectivity index (χ2n) is 5.60. The standard InChI is InChI=1S/C17H21NO2/c1-2-3-4-5-8-12-11-14-16(20-12)13-9-6-7-10-15(13)18-17(14)19/h6-7,9-10,12H,2-5,8,11H2,1H3,(H,18,19). The molecular formula is C17H21NO2. The Hall–Kier alpha value is -1.77. The summed E-state index contributed by atoms with van der Waals surface area (Å²) in [5.41, 5.74) is 1.70. The molecule has 0 fully saturated rings. The second-order valence-corrected chi connectivity index (χ2v) is 5.60. The van der Waals surface area contributed by atoms with E-state index >= 15 is 0 Å². The summed E-state index contributed by atoms with van der Waals surface area (Å²) in [6, 6.07) is 7.86. The summed E-state index contributed by atoms with van der Waals surface area (Å²) >= 11 is 0. The van der Waals surface area contributed by atoms with Crippen LogP contribution >= 0.6 is 0 Å². The van der Waals surface area contributed by atoms with E-state index in [0.717, 1.165) is 35.1 Å². The zero-order valence-electron chi connectivity index (χ0n) is 11.9. The predicted molar refractivity (Wildman–Crippen MR) is 81.4 cm³/mol. The molecule has 1 aromatic carbocycles. The fourth-order valence-electron chi connectivity index (χ4n) is 2.97. The number of aromatic amines is 1. The molecule has 3 heteroatoms. The number of unbranched alkanes of at least 4 members (excludes halogenated alkanes) is 3. The van der Waals surface area contributed by atoms with Gasteiger partial charge in [-0.15, -0.1) is 0 Å². The second kappa shape index (κ2) is 5.70. The molecule has 0 amide bonds. The van der Waals surface area contributed by atoms with Gasteiger partial charge in [0.15, 0.2) is 0 Å². The number of ether oxygens (including phenoxy) is 1. The van der Waals surface area contributed by atoms with E-state index in [2.05, 4.69) is 11.9 Å². The molecule has 0 bridgehead atoms. The molecule has 1 unspecified atom stereocenters. The number of nitrogens with one attached hydrogen (secondary N) is 1. The van der Waals surface area contributed by atoms with E-state index in [1.165, 1.54) is 25.7 Å². The summed E-state index contributed by atoms with van der Waals surface area (Å²) in [7, 11) is 0. The van der Waals surface area contributed by atoms with Crippen LogP contribution in [-0.4, -0.2) is 11.1 Å². The number of fused-ring (bicyclic) bond motifs is 3. The van der Waals surface area contributed by atoms with Crippen molar-refractivity contribution in [2.24, 2.45) is 0 Å². The molecule has 20 heavy (non-hydrogen) atoms. The van der Waals surface area contributed by atoms with Crippen LogP contribution in [0.4, 0.5) is 0 Å². The van der Waals surface area contributed by atoms with E-state index in [1.807, 2.05) is 24.3 Å². The molecule has 0 spiro atoms. The minimum absolute atomic E-state index is 0.00904. The first-order valence-corrected chi connectivity index (χ1v) is 7.60. The molecule has 0 aliphatic carbocycles. The largest absolute Gasteiger partial charge is 0.489 e. The molecule has 106 valence electrons. The van der Waals surface area contributed by atoms with Gasteiger partial charge in [0, 0.05) is 11.8 Å². The van der Waals surface area contributed by atoms with Gasteiger partial charge in [0.05, 0.1) is 11.1 Å². The number of pyridine rings is 1. The van der Waals surface area contributed by atoms with Crippen molar-refractivity contribution >= 4 is 10.9 Å². The Morgan fingerprint density at radius 1 is 1.25 bits per heavy atom. The topological polar surface area (TPSA) is 42.1 Å². The van der Waals surface area contributed by atoms with Crippen LogP contribution < -0.4 is 10.3 Å². The third kappa shape index (κ3) is 2.45. The van der Waals surface area contributed by atoms with Gasteiger partial charge in [-0.3, -0.25) is 4.79 Å². The van der Waals surface area contributed by atoms with E-state index in [1.54, 1.807) is 0 Å². The van der Waals surface area contributed by atoms with Crippen molar-refractivity contribution in [3.8, 4) is 5.75 Å². The molecular weight excluding hydrogens is 250 g/mol. The number of H-pyrrole nitrogens is 1. The van der Waals surface area contributed by atoms with Gasteiger partial charge < -0.3 is 9.72 Å². The predicted octanol–water partition coefficient (Wildman–Crippen LogP) is 3.80. The molecule has 0 saturated heterocycles. The van der Waals surface area contributed by atoms with Crippen LogP contribution in [-0.2, 0) is 6.42 Å². The summed E-state index contributed by atoms with van der Waals surface area (Å²) in [6.45, 7) is 2.22. The summed E-state index contributed by atoms with van der Waals surface area (Å²) in [4.78, 5) is 15.1. The Morgan fingerprint density at radius 3 is 2.95 bits per heavy atom. The quantitative estimate of drug-likeness (QED) is 0.840. The third-order valence-corrected chi connectivity index (χ3v) is 4.06. The molecule has 1 N–H and O–H groups in total. The highest BCUT2D eigenvalue weighted by molar-refractivity contribution is 5.86. The Bertz CT molecular complexity index is 660. The Labute approximate surface area is 119 Å². The first-order chi connectivity index (χ1) is 9.79. The molecule has 2 heterocycles. The van der Waals surface area contributed by atoms with Crippen molar-refractivity contribution in [3.05, 3.63) is 40.2 Å². The van der Waals surface area contributed by atoms with Gasteiger partial charge in [-0.2, -0.15) is 0 Å². The van der Waals surface area contributed by atoms with E-state index in [0.29, 0.717) is 0 Å². The van der Waals surface area contributed by atoms with Crippen molar-refractivity contribution in [1.29, 1.82) is 0 Å². The van der Waals surface area contributed by atoms with Gasteiger partial charge in [-0.05, 0) is 25.0 Å². The van der Waals surface area contributed by atoms with Crippen LogP contribution in [0.1, 0.15) is 44.6 Å². The van der Waals surface area contributed by atoms with Crippen LogP contribution in [0.2, 0.25) is 0 Å². The van der Waals surface area contributed by atoms with Gasteiger partial charge in [0.1, 0.15) is 11.9 Å². The molecule has 0 saturated carbocycles. The molecule has 1 aliphatic rings. The average molecular weight is 271 g/mol. The first-order valence-electron chi connectivity index (χ1n) is 7.60. The molecule has 0 radical (unpaired) electrons. The number of hydrogen-bond acceptors (Lipinski definition) is 2. The molecule has 1 atom stereocenters. The summed E-state index contributed by atoms with van der Waals surface area (Å²) < 4.78 is 6.06. The minimum atomic E-state index is 0.00904. The van der Waals surface area contributed by atoms with E-state index in [9.17, 15) is 4.79 Å². The van der Waals surface area contributed by atoms with Crippen molar-refractivity contribution in [3.63, 3.8) is 0 Å². The lowest BCUT2D eigenvalue weighted by Crippen LogP contribution is -2.14. The van der Waals surface area contributed by atoms with Gasteiger partial charge in [-0.1, -0.05) is 38.3 Å². The van der Waals surface area contributed by atoms with Crippen LogP contribution in [0.15, 0.2) is 29.1 Å². The number of aromatic nitrogens is 1. The highest BCUT2D eigenvalue weighted by Crippen LogP contribution is 2.34. The van der Waals surface area contributed by atoms with Crippen molar-refractivity contribution < 1.29 is 4.74 Å². The molecule has 1 aromatic heterocycles. The Kier molecular flexibility index (Phi) is 3.77. The number of rotatable bonds is 5. The SMILES string of the molecule is CCCCCCC1Cc2c(c3ccccc3[nH]c2=O)O1. The summed E-state index contributed by atoms with van der Waals surface area (Å²) in [5.74, 6) is 0.810. The number of para-hydroxylation sites is 1. The maximum absolute atomic E-state index is 12.1. The van der Waals surface area contributed by atoms with Crippen molar-refractivity contribution in [1.82, 2.24) is 4.98 Å². The number of hydrogen-bond donors (Lipinski definition) is 1. The van der Waals surface area contributed by atoms with Gasteiger partial charge in [0.25, 0.3) is 5.56 Å². The van der Waals surface area contributed by atoms with Crippen LogP contribution in [0.3, 0.4) is 0 Å². The van der Waals surface area contributed by atoms with Crippen LogP contribution in [0, 0.1) is 0 Å². The average Bonchev–Trinajstić information content (AvgIpc) is 2.89. The minimum Gasteiger partial charge on any atom is -0.489 e. The normalized spacial score (nSPS) is 17.1. The van der Waals surface area contributed by atoms with Gasteiger partial charge in [0.2, 0.25) is 0 Å². The fourth-order valence-corrected chi connectivity index (χ4v) is 2.97. The van der Waals surface area contributed by atoms with Gasteiger partial charge >= 0.3 is 0 Å². The van der Waals surface area contributed by atoms with Crippen molar-refractivity contribution in [2.75, 3.05) is 0 Å². The molecule has 3 nitrogen and oxygen atoms in total. The third-order valence-electron chi connectivity index (χ3n) is 4.06. The molecule has 1 aliphatic heterocycles. The zero-order valence-corrected chi connectivity index (χ0v) is 11.9. The highest BCUT2D eigenvalue weighted by Gasteiger charge is 2.27. The monoisotopic (exact) mass is 271 g/mol. The summed E-state index contributed by atoms with van der Waals surface area (Å²) in [5, 5.41) is 1.03. The van der Waals surface area contributed by atoms with Crippen LogP contribution in [0.5, 0.6) is 5.75 Å². The summed E-state index contributed by atoms with van der Waals surface area (Å²) in [6.07, 6.45) is 6.93. The Morgan fingerprint density at radius 2 is 2.10 bits per heavy atom. The lowest BCUT2D eigenvalue weighted by atomic mass is 10.0. The first kappa shape index (κ1) is 13.2. The van der Waals surface area contributed by atoms with E-state index in [4.69, 9.17) is 4.74 Å². The highest BCUT2D eigenvalue weighted by atomic mass is 16.5. The fraction of sp³-hybridized carbons (Fsp3) is 0.471. The van der Waals surface area contributed by atoms with E-state index < -0.39 is 0 Å². The smallest absolute Gasteiger partial charge is 0.255 e. The maximum atomic E-state index is 12.1. The van der Waals surface area contributed by atoms with Crippen molar-refractivity contribution in [2.45, 2.75) is 51.6 Å². The maximum Gasteiger partial charge on any atom is 0.255 e. The molecule has 3 rings (SSSR count). The lowest BCUT2D eigenvalue weighted by Gasteiger charge is -2.10.